The Labute approximate surface area is 145 Å². The van der Waals surface area contributed by atoms with Gasteiger partial charge >= 0.3 is 0 Å². The standard InChI is InChI=1S/C17H23N3O3S/c21-15(4-1-8-18-16(22)12-7-10-24-11-12)20-9-2-3-14(20)17(23)19-13-5-6-13/h7,10-11,13-14H,1-6,8-9H2,(H,18,22)(H,19,23). The molecule has 130 valence electrons. The molecule has 7 heteroatoms. The number of hydrogen-bond acceptors (Lipinski definition) is 4. The molecule has 0 spiro atoms. The summed E-state index contributed by atoms with van der Waals surface area (Å²) in [4.78, 5) is 38.1. The van der Waals surface area contributed by atoms with Crippen molar-refractivity contribution in [2.75, 3.05) is 13.1 Å². The Bertz CT molecular complexity index is 598. The van der Waals surface area contributed by atoms with E-state index in [1.54, 1.807) is 16.3 Å². The van der Waals surface area contributed by atoms with E-state index in [0.29, 0.717) is 37.5 Å². The van der Waals surface area contributed by atoms with Gasteiger partial charge in [0.15, 0.2) is 0 Å². The minimum absolute atomic E-state index is 0.00545. The first-order valence-electron chi connectivity index (χ1n) is 8.55. The number of likely N-dealkylation sites (tertiary alicyclic amines) is 1. The molecule has 3 amide bonds. The number of hydrogen-bond donors (Lipinski definition) is 2. The Morgan fingerprint density at radius 2 is 2.08 bits per heavy atom. The molecule has 3 rings (SSSR count). The van der Waals surface area contributed by atoms with Crippen LogP contribution in [0.15, 0.2) is 16.8 Å². The molecule has 1 saturated carbocycles. The fraction of sp³-hybridized carbons (Fsp3) is 0.588. The number of carbonyl (C=O) groups excluding carboxylic acids is 3. The van der Waals surface area contributed by atoms with Crippen LogP contribution in [0.25, 0.3) is 0 Å². The maximum Gasteiger partial charge on any atom is 0.252 e. The van der Waals surface area contributed by atoms with Crippen molar-refractivity contribution in [3.63, 3.8) is 0 Å². The molecule has 2 fully saturated rings. The Kier molecular flexibility index (Phi) is 5.50. The van der Waals surface area contributed by atoms with Crippen LogP contribution in [0, 0.1) is 0 Å². The second kappa shape index (κ2) is 7.79. The van der Waals surface area contributed by atoms with Crippen molar-refractivity contribution in [3.8, 4) is 0 Å². The Morgan fingerprint density at radius 3 is 2.79 bits per heavy atom. The van der Waals surface area contributed by atoms with Crippen LogP contribution in [0.3, 0.4) is 0 Å². The molecule has 0 bridgehead atoms. The normalized spacial score (nSPS) is 20.0. The summed E-state index contributed by atoms with van der Waals surface area (Å²) < 4.78 is 0. The van der Waals surface area contributed by atoms with Gasteiger partial charge in [0.05, 0.1) is 0 Å². The van der Waals surface area contributed by atoms with Gasteiger partial charge in [-0.15, -0.1) is 0 Å². The summed E-state index contributed by atoms with van der Waals surface area (Å²) in [5.74, 6) is -0.103. The lowest BCUT2D eigenvalue weighted by Crippen LogP contribution is -2.46. The van der Waals surface area contributed by atoms with Gasteiger partial charge in [-0.25, -0.2) is 0 Å². The largest absolute Gasteiger partial charge is 0.352 e. The van der Waals surface area contributed by atoms with Gasteiger partial charge in [-0.2, -0.15) is 11.3 Å². The lowest BCUT2D eigenvalue weighted by atomic mass is 10.2. The fourth-order valence-electron chi connectivity index (χ4n) is 2.94. The highest BCUT2D eigenvalue weighted by atomic mass is 32.1. The number of nitrogens with zero attached hydrogens (tertiary/aromatic N) is 1. The van der Waals surface area contributed by atoms with E-state index in [-0.39, 0.29) is 23.8 Å². The molecule has 1 aliphatic carbocycles. The molecule has 2 aliphatic rings. The first-order valence-corrected chi connectivity index (χ1v) is 9.49. The van der Waals surface area contributed by atoms with Crippen molar-refractivity contribution < 1.29 is 14.4 Å². The molecule has 0 aromatic carbocycles. The van der Waals surface area contributed by atoms with Crippen LogP contribution in [0.4, 0.5) is 0 Å². The van der Waals surface area contributed by atoms with Crippen molar-refractivity contribution in [1.29, 1.82) is 0 Å². The molecule has 0 radical (unpaired) electrons. The average Bonchev–Trinajstić information content (AvgIpc) is 3.08. The van der Waals surface area contributed by atoms with Gasteiger partial charge in [-0.05, 0) is 43.6 Å². The first-order chi connectivity index (χ1) is 11.6. The predicted octanol–water partition coefficient (Wildman–Crippen LogP) is 1.53. The van der Waals surface area contributed by atoms with Gasteiger partial charge in [-0.3, -0.25) is 14.4 Å². The van der Waals surface area contributed by atoms with Crippen LogP contribution in [-0.4, -0.2) is 47.8 Å². The fourth-order valence-corrected chi connectivity index (χ4v) is 3.58. The number of nitrogens with one attached hydrogen (secondary N) is 2. The van der Waals surface area contributed by atoms with Crippen LogP contribution in [0.2, 0.25) is 0 Å². The molecule has 1 aliphatic heterocycles. The second-order valence-corrected chi connectivity index (χ2v) is 7.18. The predicted molar refractivity (Wildman–Crippen MR) is 91.8 cm³/mol. The summed E-state index contributed by atoms with van der Waals surface area (Å²) in [5, 5.41) is 9.47. The molecule has 2 N–H and O–H groups in total. The summed E-state index contributed by atoms with van der Waals surface area (Å²) >= 11 is 1.48. The molecule has 1 aromatic heterocycles. The van der Waals surface area contributed by atoms with E-state index >= 15 is 0 Å². The van der Waals surface area contributed by atoms with E-state index in [1.165, 1.54) is 11.3 Å². The number of amides is 3. The lowest BCUT2D eigenvalue weighted by Gasteiger charge is -2.24. The second-order valence-electron chi connectivity index (χ2n) is 6.40. The zero-order chi connectivity index (χ0) is 16.9. The van der Waals surface area contributed by atoms with Crippen molar-refractivity contribution in [3.05, 3.63) is 22.4 Å². The van der Waals surface area contributed by atoms with Crippen LogP contribution < -0.4 is 10.6 Å². The molecular formula is C17H23N3O3S. The van der Waals surface area contributed by atoms with E-state index in [4.69, 9.17) is 0 Å². The molecule has 1 aromatic rings. The van der Waals surface area contributed by atoms with E-state index in [2.05, 4.69) is 10.6 Å². The van der Waals surface area contributed by atoms with Crippen molar-refractivity contribution in [2.45, 2.75) is 50.6 Å². The van der Waals surface area contributed by atoms with Crippen molar-refractivity contribution in [2.24, 2.45) is 0 Å². The Hall–Kier alpha value is -1.89. The van der Waals surface area contributed by atoms with Crippen LogP contribution in [0.5, 0.6) is 0 Å². The molecule has 1 unspecified atom stereocenters. The smallest absolute Gasteiger partial charge is 0.252 e. The first kappa shape index (κ1) is 17.0. The minimum atomic E-state index is -0.307. The minimum Gasteiger partial charge on any atom is -0.352 e. The number of thiophene rings is 1. The maximum absolute atomic E-state index is 12.4. The summed E-state index contributed by atoms with van der Waals surface area (Å²) in [5.41, 5.74) is 0.655. The third-order valence-electron chi connectivity index (χ3n) is 4.44. The summed E-state index contributed by atoms with van der Waals surface area (Å²) in [7, 11) is 0. The van der Waals surface area contributed by atoms with Crippen LogP contribution >= 0.6 is 11.3 Å². The Balaban J connectivity index is 1.39. The summed E-state index contributed by atoms with van der Waals surface area (Å²) in [6.07, 6.45) is 4.67. The summed E-state index contributed by atoms with van der Waals surface area (Å²) in [6.45, 7) is 1.12. The molecule has 1 saturated heterocycles. The monoisotopic (exact) mass is 349 g/mol. The Morgan fingerprint density at radius 1 is 1.25 bits per heavy atom. The maximum atomic E-state index is 12.4. The molecule has 6 nitrogen and oxygen atoms in total. The van der Waals surface area contributed by atoms with Crippen molar-refractivity contribution >= 4 is 29.1 Å². The third kappa shape index (κ3) is 4.35. The average molecular weight is 349 g/mol. The highest BCUT2D eigenvalue weighted by molar-refractivity contribution is 7.08. The quantitative estimate of drug-likeness (QED) is 0.733. The zero-order valence-electron chi connectivity index (χ0n) is 13.6. The summed E-state index contributed by atoms with van der Waals surface area (Å²) in [6, 6.07) is 1.79. The number of carbonyl (C=O) groups is 3. The van der Waals surface area contributed by atoms with Gasteiger partial charge in [0.25, 0.3) is 5.91 Å². The van der Waals surface area contributed by atoms with Gasteiger partial charge in [0.2, 0.25) is 11.8 Å². The molecule has 2 heterocycles. The van der Waals surface area contributed by atoms with Gasteiger partial charge in [0, 0.05) is 36.5 Å². The van der Waals surface area contributed by atoms with Crippen molar-refractivity contribution in [1.82, 2.24) is 15.5 Å². The van der Waals surface area contributed by atoms with Gasteiger partial charge in [-0.1, -0.05) is 0 Å². The van der Waals surface area contributed by atoms with E-state index in [9.17, 15) is 14.4 Å². The van der Waals surface area contributed by atoms with E-state index in [0.717, 1.165) is 25.7 Å². The molecule has 1 atom stereocenters. The molecule has 24 heavy (non-hydrogen) atoms. The third-order valence-corrected chi connectivity index (χ3v) is 5.12. The SMILES string of the molecule is O=C(NCCCC(=O)N1CCCC1C(=O)NC1CC1)c1ccsc1. The highest BCUT2D eigenvalue weighted by Gasteiger charge is 2.36. The highest BCUT2D eigenvalue weighted by Crippen LogP contribution is 2.23. The molecular weight excluding hydrogens is 326 g/mol. The van der Waals surface area contributed by atoms with Crippen LogP contribution in [0.1, 0.15) is 48.9 Å². The topological polar surface area (TPSA) is 78.5 Å². The van der Waals surface area contributed by atoms with Gasteiger partial charge < -0.3 is 15.5 Å². The van der Waals surface area contributed by atoms with Crippen LogP contribution in [-0.2, 0) is 9.59 Å². The number of rotatable bonds is 7. The van der Waals surface area contributed by atoms with E-state index < -0.39 is 0 Å². The van der Waals surface area contributed by atoms with Gasteiger partial charge in [0.1, 0.15) is 6.04 Å². The zero-order valence-corrected chi connectivity index (χ0v) is 14.4. The van der Waals surface area contributed by atoms with E-state index in [1.807, 2.05) is 5.38 Å². The lowest BCUT2D eigenvalue weighted by molar-refractivity contribution is -0.138.